The minimum Gasteiger partial charge on any atom is -0.381 e. The Bertz CT molecular complexity index is 1930. The summed E-state index contributed by atoms with van der Waals surface area (Å²) in [6, 6.07) is 0. The predicted octanol–water partition coefficient (Wildman–Crippen LogP) is 12.0. The van der Waals surface area contributed by atoms with Gasteiger partial charge in [0.25, 0.3) is 0 Å². The fraction of sp³-hybridized carbons (Fsp3) is 0.857. The van der Waals surface area contributed by atoms with E-state index < -0.39 is 16.2 Å². The van der Waals surface area contributed by atoms with Gasteiger partial charge in [-0.3, -0.25) is 14.4 Å². The lowest BCUT2D eigenvalue weighted by atomic mass is 9.54. The molecule has 3 saturated heterocycles. The highest BCUT2D eigenvalue weighted by molar-refractivity contribution is 5.90. The lowest BCUT2D eigenvalue weighted by Gasteiger charge is -2.49. The van der Waals surface area contributed by atoms with E-state index in [2.05, 4.69) is 82.1 Å². The van der Waals surface area contributed by atoms with Gasteiger partial charge in [0.05, 0.1) is 38.1 Å². The van der Waals surface area contributed by atoms with E-state index in [1.54, 1.807) is 0 Å². The van der Waals surface area contributed by atoms with Crippen molar-refractivity contribution < 1.29 is 42.8 Å². The summed E-state index contributed by atoms with van der Waals surface area (Å²) >= 11 is 0. The highest BCUT2D eigenvalue weighted by Crippen LogP contribution is 2.72. The maximum absolute atomic E-state index is 13.5. The van der Waals surface area contributed by atoms with Gasteiger partial charge in [-0.15, -0.1) is 19.7 Å². The zero-order chi connectivity index (χ0) is 52.0. The number of hydrogen-bond acceptors (Lipinski definition) is 9. The number of allylic oxidation sites excluding steroid dienone is 3. The molecule has 12 rings (SSSR count). The number of carbonyl (C=O) groups excluding carboxylic acids is 3. The summed E-state index contributed by atoms with van der Waals surface area (Å²) in [5, 5.41) is 0. The van der Waals surface area contributed by atoms with Crippen molar-refractivity contribution in [2.24, 2.45) is 104 Å². The molecule has 72 heavy (non-hydrogen) atoms. The van der Waals surface area contributed by atoms with Gasteiger partial charge in [0, 0.05) is 73.1 Å². The molecule has 24 atom stereocenters. The number of methoxy groups -OCH3 is 3. The third-order valence-corrected chi connectivity index (χ3v) is 25.5. The molecule has 6 bridgehead atoms. The summed E-state index contributed by atoms with van der Waals surface area (Å²) < 4.78 is 36.7. The van der Waals surface area contributed by atoms with Gasteiger partial charge >= 0.3 is 0 Å². The summed E-state index contributed by atoms with van der Waals surface area (Å²) in [4.78, 5) is 40.5. The number of hydrogen-bond donors (Lipinski definition) is 0. The van der Waals surface area contributed by atoms with Gasteiger partial charge < -0.3 is 28.4 Å². The Labute approximate surface area is 434 Å². The van der Waals surface area contributed by atoms with Gasteiger partial charge in [-0.1, -0.05) is 59.8 Å². The monoisotopic (exact) mass is 997 g/mol. The van der Waals surface area contributed by atoms with E-state index in [-0.39, 0.29) is 69.1 Å². The van der Waals surface area contributed by atoms with Crippen LogP contribution in [0.5, 0.6) is 0 Å². The van der Waals surface area contributed by atoms with Crippen molar-refractivity contribution in [3.05, 3.63) is 38.0 Å². The highest BCUT2D eigenvalue weighted by Gasteiger charge is 2.76. The third kappa shape index (κ3) is 7.26. The van der Waals surface area contributed by atoms with Crippen LogP contribution in [0.4, 0.5) is 0 Å². The van der Waals surface area contributed by atoms with Crippen molar-refractivity contribution in [1.29, 1.82) is 0 Å². The Morgan fingerprint density at radius 3 is 0.847 bits per heavy atom. The molecule has 0 aromatic carbocycles. The van der Waals surface area contributed by atoms with Crippen molar-refractivity contribution in [2.45, 2.75) is 194 Å². The highest BCUT2D eigenvalue weighted by atomic mass is 16.6. The van der Waals surface area contributed by atoms with Gasteiger partial charge in [-0.05, 0) is 169 Å². The molecule has 402 valence electrons. The normalized spacial score (nSPS) is 56.5. The second kappa shape index (κ2) is 18.0. The first kappa shape index (κ1) is 53.4. The number of Topliss-reactive ketones (excluding diaryl/α,β-unsaturated/α-hetero) is 3. The molecule has 9 nitrogen and oxygen atoms in total. The first-order valence-corrected chi connectivity index (χ1v) is 29.1. The lowest BCUT2D eigenvalue weighted by molar-refractivity contribution is -0.143. The lowest BCUT2D eigenvalue weighted by Crippen LogP contribution is -2.54. The summed E-state index contributed by atoms with van der Waals surface area (Å²) in [6.07, 6.45) is 22.6. The van der Waals surface area contributed by atoms with E-state index in [1.807, 2.05) is 39.6 Å². The van der Waals surface area contributed by atoms with Crippen molar-refractivity contribution in [2.75, 3.05) is 41.2 Å². The number of ketones is 3. The van der Waals surface area contributed by atoms with Gasteiger partial charge in [0.2, 0.25) is 0 Å². The van der Waals surface area contributed by atoms with Crippen molar-refractivity contribution in [3.63, 3.8) is 0 Å². The zero-order valence-electron chi connectivity index (χ0n) is 46.9. The standard InChI is InChI=1S/3C21H32O3/c3*1-6-19(4)11-15-13(2)7-9-20(14(3)18(19)22)10-8-16(23-5)17(20)21(15)12-24-21/h3*6,13-17H,1,7-12H2,2-5H3/t3*13-,14+,15-,16-,17?,19-,20+,21+/m111/s1. The second-order valence-corrected chi connectivity index (χ2v) is 27.9. The number of rotatable bonds is 6. The van der Waals surface area contributed by atoms with E-state index >= 15 is 0 Å². The van der Waals surface area contributed by atoms with Crippen LogP contribution in [-0.2, 0) is 42.8 Å². The topological polar surface area (TPSA) is 116 Å². The molecular formula is C63H96O9. The first-order chi connectivity index (χ1) is 34.0. The Hall–Kier alpha value is -2.01. The van der Waals surface area contributed by atoms with E-state index in [9.17, 15) is 14.4 Å². The number of epoxide rings is 3. The molecule has 0 radical (unpaired) electrons. The summed E-state index contributed by atoms with van der Waals surface area (Å²) in [7, 11) is 5.52. The smallest absolute Gasteiger partial charge is 0.145 e. The van der Waals surface area contributed by atoms with Crippen LogP contribution in [0.2, 0.25) is 0 Å². The van der Waals surface area contributed by atoms with Gasteiger partial charge in [0.1, 0.15) is 34.2 Å². The summed E-state index contributed by atoms with van der Waals surface area (Å²) in [6.45, 7) is 34.7. The minimum absolute atomic E-state index is 0.0436. The molecule has 3 aliphatic heterocycles. The largest absolute Gasteiger partial charge is 0.381 e. The average Bonchev–Trinajstić information content (AvgIpc) is 4.37. The van der Waals surface area contributed by atoms with Crippen LogP contribution in [0.15, 0.2) is 38.0 Å². The quantitative estimate of drug-likeness (QED) is 0.189. The molecule has 0 aromatic rings. The average molecular weight is 997 g/mol. The maximum atomic E-state index is 13.5. The molecule has 12 fully saturated rings. The molecule has 3 heterocycles. The summed E-state index contributed by atoms with van der Waals surface area (Å²) in [5.41, 5.74) is -1.34. The van der Waals surface area contributed by atoms with Gasteiger partial charge in [-0.2, -0.15) is 0 Å². The Kier molecular flexibility index (Phi) is 13.4. The molecule has 3 spiro atoms. The Morgan fingerprint density at radius 1 is 0.431 bits per heavy atom. The van der Waals surface area contributed by atoms with Crippen LogP contribution >= 0.6 is 0 Å². The van der Waals surface area contributed by atoms with Crippen LogP contribution in [-0.4, -0.2) is 93.6 Å². The van der Waals surface area contributed by atoms with Crippen molar-refractivity contribution >= 4 is 17.3 Å². The van der Waals surface area contributed by atoms with E-state index in [0.29, 0.717) is 70.6 Å². The molecular weight excluding hydrogens is 901 g/mol. The predicted molar refractivity (Wildman–Crippen MR) is 281 cm³/mol. The molecule has 3 unspecified atom stereocenters. The second-order valence-electron chi connectivity index (χ2n) is 27.9. The molecule has 9 heteroatoms. The number of carbonyl (C=O) groups is 3. The first-order valence-electron chi connectivity index (χ1n) is 29.1. The molecule has 0 aromatic heterocycles. The fourth-order valence-corrected chi connectivity index (χ4v) is 20.7. The Morgan fingerprint density at radius 2 is 0.653 bits per heavy atom. The van der Waals surface area contributed by atoms with Gasteiger partial charge in [-0.25, -0.2) is 0 Å². The van der Waals surface area contributed by atoms with Crippen molar-refractivity contribution in [1.82, 2.24) is 0 Å². The third-order valence-electron chi connectivity index (χ3n) is 25.5. The fourth-order valence-electron chi connectivity index (χ4n) is 20.7. The zero-order valence-corrected chi connectivity index (χ0v) is 46.9. The van der Waals surface area contributed by atoms with Crippen molar-refractivity contribution in [3.8, 4) is 0 Å². The van der Waals surface area contributed by atoms with Crippen LogP contribution in [0, 0.1) is 104 Å². The van der Waals surface area contributed by atoms with Crippen LogP contribution in [0.1, 0.15) is 159 Å². The minimum atomic E-state index is -0.426. The summed E-state index contributed by atoms with van der Waals surface area (Å²) in [5.74, 6) is 5.53. The molecule has 0 amide bonds. The Balaban J connectivity index is 0.000000124. The van der Waals surface area contributed by atoms with Crippen LogP contribution in [0.25, 0.3) is 0 Å². The SMILES string of the molecule is C=C[C@]1(C)C[C@@H]2[C@H](C)CC[C@]3(CC[C@@H](OC)C3[C@]23CO3)[C@@H](C)C1=O.C=C[C@]1(C)C[C@@H]2[C@H](C)CC[C@]3(CC[C@@H](OC)C3[C@]23CO3)[C@@H](C)C1=O.C=C[C@]1(C)C[C@@H]2[C@H](C)CC[C@]3(CC[C@@H](OC)C3[C@]23CO3)[C@@H](C)C1=O. The van der Waals surface area contributed by atoms with Crippen LogP contribution < -0.4 is 0 Å². The molecule has 0 N–H and O–H groups in total. The van der Waals surface area contributed by atoms with Crippen LogP contribution in [0.3, 0.4) is 0 Å². The molecule has 9 aliphatic carbocycles. The van der Waals surface area contributed by atoms with Gasteiger partial charge in [0.15, 0.2) is 0 Å². The van der Waals surface area contributed by atoms with E-state index in [1.165, 1.54) is 19.3 Å². The molecule has 12 aliphatic rings. The van der Waals surface area contributed by atoms with E-state index in [4.69, 9.17) is 28.4 Å². The maximum Gasteiger partial charge on any atom is 0.145 e. The van der Waals surface area contributed by atoms with E-state index in [0.717, 1.165) is 96.9 Å². The number of ether oxygens (including phenoxy) is 6. The molecule has 9 saturated carbocycles.